The summed E-state index contributed by atoms with van der Waals surface area (Å²) in [5.74, 6) is 0.0613. The lowest BCUT2D eigenvalue weighted by atomic mass is 10.1. The average molecular weight is 534 g/mol. The van der Waals surface area contributed by atoms with Crippen molar-refractivity contribution in [1.29, 1.82) is 0 Å². The maximum Gasteiger partial charge on any atom is 0.414 e. The second-order valence-electron chi connectivity index (χ2n) is 11.0. The lowest BCUT2D eigenvalue weighted by Gasteiger charge is -2.25. The van der Waals surface area contributed by atoms with Gasteiger partial charge in [0.05, 0.1) is 41.8 Å². The number of hydrogen-bond donors (Lipinski definition) is 2. The second kappa shape index (κ2) is 9.19. The zero-order valence-corrected chi connectivity index (χ0v) is 22.6. The molecule has 4 bridgehead atoms. The van der Waals surface area contributed by atoms with Gasteiger partial charge in [-0.15, -0.1) is 10.2 Å². The van der Waals surface area contributed by atoms with Crippen molar-refractivity contribution >= 4 is 45.9 Å². The number of benzene rings is 1. The number of carbonyl (C=O) groups excluding carboxylic acids is 2. The summed E-state index contributed by atoms with van der Waals surface area (Å²) in [4.78, 5) is 32.3. The van der Waals surface area contributed by atoms with Crippen molar-refractivity contribution < 1.29 is 19.1 Å². The number of nitrogens with one attached hydrogen (secondary N) is 2. The third-order valence-corrected chi connectivity index (χ3v) is 6.98. The van der Waals surface area contributed by atoms with Gasteiger partial charge in [0.15, 0.2) is 17.2 Å². The number of carbonyl (C=O) groups is 2. The zero-order chi connectivity index (χ0) is 27.5. The van der Waals surface area contributed by atoms with Gasteiger partial charge in [-0.25, -0.2) is 19.0 Å². The molecule has 6 rings (SSSR count). The quantitative estimate of drug-likeness (QED) is 0.377. The van der Waals surface area contributed by atoms with Crippen molar-refractivity contribution in [1.82, 2.24) is 34.9 Å². The molecule has 1 aromatic carbocycles. The first-order valence-corrected chi connectivity index (χ1v) is 12.9. The zero-order valence-electron chi connectivity index (χ0n) is 22.6. The van der Waals surface area contributed by atoms with Crippen LogP contribution in [-0.2, 0) is 23.1 Å². The Bertz CT molecular complexity index is 1600. The van der Waals surface area contributed by atoms with Crippen LogP contribution in [0.4, 0.5) is 22.0 Å². The Labute approximate surface area is 224 Å². The molecule has 1 saturated carbocycles. The molecule has 1 aliphatic carbocycles. The lowest BCUT2D eigenvalue weighted by Crippen LogP contribution is -2.41. The first kappa shape index (κ1) is 25.0. The summed E-state index contributed by atoms with van der Waals surface area (Å²) in [7, 11) is 3.43. The fourth-order valence-corrected chi connectivity index (χ4v) is 5.09. The summed E-state index contributed by atoms with van der Waals surface area (Å²) >= 11 is 0. The number of ether oxygens (including phenoxy) is 2. The summed E-state index contributed by atoms with van der Waals surface area (Å²) < 4.78 is 15.0. The largest absolute Gasteiger partial charge is 0.443 e. The van der Waals surface area contributed by atoms with E-state index in [1.165, 1.54) is 15.6 Å². The van der Waals surface area contributed by atoms with Gasteiger partial charge >= 0.3 is 6.09 Å². The van der Waals surface area contributed by atoms with Crippen molar-refractivity contribution in [3.8, 4) is 0 Å². The van der Waals surface area contributed by atoms with E-state index >= 15 is 0 Å². The Morgan fingerprint density at radius 2 is 2.05 bits per heavy atom. The number of fused-ring (bicyclic) bond motifs is 6. The van der Waals surface area contributed by atoms with Crippen molar-refractivity contribution in [2.45, 2.75) is 64.4 Å². The van der Waals surface area contributed by atoms with Crippen LogP contribution in [-0.4, -0.2) is 66.4 Å². The first-order valence-electron chi connectivity index (χ1n) is 12.9. The Kier molecular flexibility index (Phi) is 5.90. The number of aryl methyl sites for hydroxylation is 1. The number of hydrogen-bond acceptors (Lipinski definition) is 9. The van der Waals surface area contributed by atoms with E-state index in [1.807, 2.05) is 19.2 Å². The minimum atomic E-state index is -0.693. The lowest BCUT2D eigenvalue weighted by molar-refractivity contribution is 0.0271. The summed E-state index contributed by atoms with van der Waals surface area (Å²) in [6.45, 7) is 5.77. The second-order valence-corrected chi connectivity index (χ2v) is 11.0. The van der Waals surface area contributed by atoms with E-state index < -0.39 is 11.7 Å². The highest BCUT2D eigenvalue weighted by Crippen LogP contribution is 2.31. The Morgan fingerprint density at radius 1 is 1.23 bits per heavy atom. The smallest absolute Gasteiger partial charge is 0.414 e. The average Bonchev–Trinajstić information content (AvgIpc) is 3.59. The summed E-state index contributed by atoms with van der Waals surface area (Å²) in [5.41, 5.74) is 3.39. The minimum absolute atomic E-state index is 0.120. The molecule has 2 amide bonds. The molecule has 0 spiro atoms. The summed E-state index contributed by atoms with van der Waals surface area (Å²) in [6.07, 6.45) is 3.40. The number of aromatic nitrogens is 6. The molecule has 39 heavy (non-hydrogen) atoms. The van der Waals surface area contributed by atoms with Gasteiger partial charge in [0.2, 0.25) is 0 Å². The SMILES string of the molecule is CN(C(=O)OC(C)(C)C)c1cc2nn3c(cnc13)C(=O)N[C@@H]1CCC[C@H]1OCc1cc(c3nnn(C)c3c1)N2. The summed E-state index contributed by atoms with van der Waals surface area (Å²) in [6, 6.07) is 5.51. The van der Waals surface area contributed by atoms with E-state index in [2.05, 4.69) is 25.9 Å². The van der Waals surface area contributed by atoms with Crippen LogP contribution in [0.5, 0.6) is 0 Å². The molecular weight excluding hydrogens is 502 g/mol. The van der Waals surface area contributed by atoms with Crippen LogP contribution < -0.4 is 15.5 Å². The molecular formula is C26H31N9O4. The van der Waals surface area contributed by atoms with E-state index in [9.17, 15) is 9.59 Å². The van der Waals surface area contributed by atoms with Gasteiger partial charge in [-0.3, -0.25) is 9.69 Å². The van der Waals surface area contributed by atoms with Crippen molar-refractivity contribution in [3.63, 3.8) is 0 Å². The van der Waals surface area contributed by atoms with E-state index in [-0.39, 0.29) is 23.7 Å². The van der Waals surface area contributed by atoms with Gasteiger partial charge in [-0.05, 0) is 57.7 Å². The van der Waals surface area contributed by atoms with Gasteiger partial charge in [-0.2, -0.15) is 0 Å². The van der Waals surface area contributed by atoms with Crippen molar-refractivity contribution in [3.05, 3.63) is 35.7 Å². The predicted molar refractivity (Wildman–Crippen MR) is 143 cm³/mol. The summed E-state index contributed by atoms with van der Waals surface area (Å²) in [5, 5.41) is 19.7. The molecule has 204 valence electrons. The molecule has 2 N–H and O–H groups in total. The molecule has 13 heteroatoms. The van der Waals surface area contributed by atoms with Crippen LogP contribution in [0.25, 0.3) is 16.7 Å². The standard InChI is InChI=1S/C26H31N9O4/c1-26(2,3)39-25(37)33(4)18-11-21-28-16-9-14(10-17-22(16)30-32-34(17)5)13-38-20-8-6-7-15(20)29-24(36)19-12-27-23(18)35(19)31-21/h9-12,15,20H,6-8,13H2,1-5H3,(H,28,31)(H,29,36)/t15-,20-/m1/s1. The van der Waals surface area contributed by atoms with Gasteiger partial charge in [0.25, 0.3) is 5.91 Å². The molecule has 13 nitrogen and oxygen atoms in total. The number of imidazole rings is 1. The minimum Gasteiger partial charge on any atom is -0.443 e. The van der Waals surface area contributed by atoms with E-state index in [1.54, 1.807) is 38.6 Å². The van der Waals surface area contributed by atoms with Crippen LogP contribution >= 0.6 is 0 Å². The molecule has 0 radical (unpaired) electrons. The molecule has 4 heterocycles. The molecule has 1 aliphatic heterocycles. The monoisotopic (exact) mass is 533 g/mol. The molecule has 4 aromatic rings. The van der Waals surface area contributed by atoms with Gasteiger partial charge in [0.1, 0.15) is 11.1 Å². The normalized spacial score (nSPS) is 19.5. The number of amides is 2. The third-order valence-electron chi connectivity index (χ3n) is 6.98. The Morgan fingerprint density at radius 3 is 2.85 bits per heavy atom. The van der Waals surface area contributed by atoms with E-state index in [0.717, 1.165) is 30.3 Å². The van der Waals surface area contributed by atoms with Crippen LogP contribution in [0.15, 0.2) is 24.4 Å². The van der Waals surface area contributed by atoms with Gasteiger partial charge in [-0.1, -0.05) is 5.21 Å². The molecule has 2 aliphatic rings. The predicted octanol–water partition coefficient (Wildman–Crippen LogP) is 3.31. The molecule has 0 saturated heterocycles. The van der Waals surface area contributed by atoms with Crippen LogP contribution in [0.3, 0.4) is 0 Å². The fraction of sp³-hybridized carbons (Fsp3) is 0.462. The number of rotatable bonds is 1. The van der Waals surface area contributed by atoms with Crippen LogP contribution in [0.2, 0.25) is 0 Å². The van der Waals surface area contributed by atoms with Crippen LogP contribution in [0.1, 0.15) is 56.1 Å². The number of anilines is 3. The van der Waals surface area contributed by atoms with Gasteiger partial charge < -0.3 is 20.1 Å². The Balaban J connectivity index is 1.53. The van der Waals surface area contributed by atoms with Gasteiger partial charge in [0, 0.05) is 20.2 Å². The fourth-order valence-electron chi connectivity index (χ4n) is 5.09. The first-order chi connectivity index (χ1) is 18.6. The van der Waals surface area contributed by atoms with E-state index in [4.69, 9.17) is 14.6 Å². The molecule has 2 atom stereocenters. The van der Waals surface area contributed by atoms with E-state index in [0.29, 0.717) is 35.0 Å². The molecule has 1 fully saturated rings. The highest BCUT2D eigenvalue weighted by molar-refractivity contribution is 5.97. The highest BCUT2D eigenvalue weighted by atomic mass is 16.6. The van der Waals surface area contributed by atoms with Crippen molar-refractivity contribution in [2.24, 2.45) is 7.05 Å². The molecule has 0 unspecified atom stereocenters. The topological polar surface area (TPSA) is 141 Å². The molecule has 3 aromatic heterocycles. The Hall–Kier alpha value is -4.26. The number of nitrogens with zero attached hydrogens (tertiary/aromatic N) is 7. The maximum atomic E-state index is 13.4. The highest BCUT2D eigenvalue weighted by Gasteiger charge is 2.32. The van der Waals surface area contributed by atoms with Crippen LogP contribution in [0, 0.1) is 0 Å². The van der Waals surface area contributed by atoms with Crippen molar-refractivity contribution in [2.75, 3.05) is 17.3 Å². The maximum absolute atomic E-state index is 13.4. The third kappa shape index (κ3) is 4.62.